The zero-order chi connectivity index (χ0) is 9.56. The molecule has 0 radical (unpaired) electrons. The Kier molecular flexibility index (Phi) is 5.09. The van der Waals surface area contributed by atoms with Gasteiger partial charge in [0.25, 0.3) is 0 Å². The number of aromatic nitrogens is 1. The molecular weight excluding hydrogens is 150 g/mol. The minimum atomic E-state index is 0.891. The van der Waals surface area contributed by atoms with Crippen molar-refractivity contribution in [3.63, 3.8) is 0 Å². The van der Waals surface area contributed by atoms with E-state index in [-0.39, 0.29) is 0 Å². The van der Waals surface area contributed by atoms with Crippen LogP contribution >= 0.6 is 0 Å². The summed E-state index contributed by atoms with van der Waals surface area (Å²) in [5, 5.41) is 0. The molecule has 0 aliphatic carbocycles. The molecule has 12 heavy (non-hydrogen) atoms. The van der Waals surface area contributed by atoms with Crippen molar-refractivity contribution in [2.45, 2.75) is 27.7 Å². The fourth-order valence-corrected chi connectivity index (χ4v) is 0.989. The monoisotopic (exact) mass is 167 g/mol. The molecule has 0 fully saturated rings. The van der Waals surface area contributed by atoms with Crippen LogP contribution < -0.4 is 4.74 Å². The number of ether oxygens (including phenoxy) is 1. The van der Waals surface area contributed by atoms with E-state index in [1.54, 1.807) is 13.3 Å². The lowest BCUT2D eigenvalue weighted by Crippen LogP contribution is -1.92. The first-order valence-electron chi connectivity index (χ1n) is 4.22. The summed E-state index contributed by atoms with van der Waals surface area (Å²) >= 11 is 0. The molecule has 2 heteroatoms. The predicted molar refractivity (Wildman–Crippen MR) is 51.6 cm³/mol. The zero-order valence-corrected chi connectivity index (χ0v) is 8.51. The van der Waals surface area contributed by atoms with E-state index in [4.69, 9.17) is 4.74 Å². The molecule has 0 N–H and O–H groups in total. The van der Waals surface area contributed by atoms with Crippen LogP contribution in [0.1, 0.15) is 25.1 Å². The van der Waals surface area contributed by atoms with Gasteiger partial charge in [-0.15, -0.1) is 0 Å². The molecule has 0 amide bonds. The zero-order valence-electron chi connectivity index (χ0n) is 8.51. The number of methoxy groups -OCH3 is 1. The van der Waals surface area contributed by atoms with Crippen LogP contribution in [0.15, 0.2) is 12.3 Å². The Bertz CT molecular complexity index is 213. The van der Waals surface area contributed by atoms with Gasteiger partial charge in [0.15, 0.2) is 0 Å². The van der Waals surface area contributed by atoms with Gasteiger partial charge >= 0.3 is 0 Å². The van der Waals surface area contributed by atoms with Crippen molar-refractivity contribution in [1.29, 1.82) is 0 Å². The third kappa shape index (κ3) is 2.53. The second kappa shape index (κ2) is 5.58. The molecular formula is C10H17NO. The summed E-state index contributed by atoms with van der Waals surface area (Å²) in [6, 6.07) is 1.94. The molecule has 0 aliphatic rings. The quantitative estimate of drug-likeness (QED) is 0.641. The van der Waals surface area contributed by atoms with Gasteiger partial charge in [-0.05, 0) is 25.5 Å². The van der Waals surface area contributed by atoms with Crippen molar-refractivity contribution in [1.82, 2.24) is 4.98 Å². The van der Waals surface area contributed by atoms with E-state index in [1.807, 2.05) is 33.8 Å². The molecule has 1 rings (SSSR count). The highest BCUT2D eigenvalue weighted by Crippen LogP contribution is 2.18. The largest absolute Gasteiger partial charge is 0.495 e. The fraction of sp³-hybridized carbons (Fsp3) is 0.500. The van der Waals surface area contributed by atoms with E-state index in [9.17, 15) is 0 Å². The fourth-order valence-electron chi connectivity index (χ4n) is 0.989. The van der Waals surface area contributed by atoms with Crippen LogP contribution in [-0.4, -0.2) is 12.1 Å². The standard InChI is InChI=1S/C8H11NO.C2H6/c1-6-4-5-9-7(2)8(6)10-3;1-2/h4-5H,1-3H3;1-2H3. The molecule has 1 aromatic heterocycles. The summed E-state index contributed by atoms with van der Waals surface area (Å²) in [6.45, 7) is 7.94. The van der Waals surface area contributed by atoms with Crippen LogP contribution in [-0.2, 0) is 0 Å². The number of rotatable bonds is 1. The third-order valence-corrected chi connectivity index (χ3v) is 1.48. The van der Waals surface area contributed by atoms with Gasteiger partial charge in [0.1, 0.15) is 5.75 Å². The number of hydrogen-bond donors (Lipinski definition) is 0. The second-order valence-electron chi connectivity index (χ2n) is 2.25. The van der Waals surface area contributed by atoms with Gasteiger partial charge < -0.3 is 4.74 Å². The predicted octanol–water partition coefficient (Wildman–Crippen LogP) is 2.73. The van der Waals surface area contributed by atoms with E-state index in [2.05, 4.69) is 4.98 Å². The molecule has 1 heterocycles. The van der Waals surface area contributed by atoms with Crippen molar-refractivity contribution in [2.75, 3.05) is 7.11 Å². The van der Waals surface area contributed by atoms with Crippen LogP contribution in [0, 0.1) is 13.8 Å². The number of aryl methyl sites for hydroxylation is 2. The summed E-state index contributed by atoms with van der Waals surface area (Å²) < 4.78 is 5.11. The molecule has 68 valence electrons. The smallest absolute Gasteiger partial charge is 0.142 e. The summed E-state index contributed by atoms with van der Waals surface area (Å²) in [7, 11) is 1.66. The van der Waals surface area contributed by atoms with Gasteiger partial charge in [-0.2, -0.15) is 0 Å². The lowest BCUT2D eigenvalue weighted by Gasteiger charge is -2.05. The maximum Gasteiger partial charge on any atom is 0.142 e. The molecule has 0 aliphatic heterocycles. The first-order valence-corrected chi connectivity index (χ1v) is 4.22. The van der Waals surface area contributed by atoms with E-state index >= 15 is 0 Å². The van der Waals surface area contributed by atoms with Crippen LogP contribution in [0.25, 0.3) is 0 Å². The summed E-state index contributed by atoms with van der Waals surface area (Å²) in [6.07, 6.45) is 1.78. The molecule has 0 bridgehead atoms. The molecule has 0 atom stereocenters. The maximum atomic E-state index is 5.11. The first kappa shape index (κ1) is 11.0. The maximum absolute atomic E-state index is 5.11. The van der Waals surface area contributed by atoms with Gasteiger partial charge in [0.2, 0.25) is 0 Å². The number of hydrogen-bond acceptors (Lipinski definition) is 2. The van der Waals surface area contributed by atoms with Crippen LogP contribution in [0.3, 0.4) is 0 Å². The van der Waals surface area contributed by atoms with Crippen molar-refractivity contribution >= 4 is 0 Å². The lowest BCUT2D eigenvalue weighted by molar-refractivity contribution is 0.406. The molecule has 0 unspecified atom stereocenters. The Hall–Kier alpha value is -1.05. The Morgan fingerprint density at radius 1 is 1.25 bits per heavy atom. The van der Waals surface area contributed by atoms with Crippen LogP contribution in [0.4, 0.5) is 0 Å². The minimum absolute atomic E-state index is 0.891. The van der Waals surface area contributed by atoms with E-state index in [0.717, 1.165) is 17.0 Å². The van der Waals surface area contributed by atoms with E-state index < -0.39 is 0 Å². The molecule has 2 nitrogen and oxygen atoms in total. The summed E-state index contributed by atoms with van der Waals surface area (Å²) in [5.74, 6) is 0.891. The van der Waals surface area contributed by atoms with Gasteiger partial charge in [-0.3, -0.25) is 4.98 Å². The van der Waals surface area contributed by atoms with E-state index in [0.29, 0.717) is 0 Å². The average molecular weight is 167 g/mol. The van der Waals surface area contributed by atoms with Gasteiger partial charge in [0.05, 0.1) is 12.8 Å². The van der Waals surface area contributed by atoms with Crippen LogP contribution in [0.5, 0.6) is 5.75 Å². The highest BCUT2D eigenvalue weighted by molar-refractivity contribution is 5.34. The van der Waals surface area contributed by atoms with Gasteiger partial charge in [0, 0.05) is 6.20 Å². The topological polar surface area (TPSA) is 22.1 Å². The van der Waals surface area contributed by atoms with Crippen LogP contribution in [0.2, 0.25) is 0 Å². The first-order chi connectivity index (χ1) is 5.75. The van der Waals surface area contributed by atoms with Gasteiger partial charge in [-0.1, -0.05) is 13.8 Å². The highest BCUT2D eigenvalue weighted by atomic mass is 16.5. The summed E-state index contributed by atoms with van der Waals surface area (Å²) in [5.41, 5.74) is 2.08. The highest BCUT2D eigenvalue weighted by Gasteiger charge is 1.99. The Morgan fingerprint density at radius 2 is 1.83 bits per heavy atom. The molecule has 0 saturated heterocycles. The van der Waals surface area contributed by atoms with Gasteiger partial charge in [-0.25, -0.2) is 0 Å². The van der Waals surface area contributed by atoms with Crippen molar-refractivity contribution in [2.24, 2.45) is 0 Å². The average Bonchev–Trinajstić information content (AvgIpc) is 2.08. The van der Waals surface area contributed by atoms with Crippen molar-refractivity contribution in [3.8, 4) is 5.75 Å². The Labute approximate surface area is 74.6 Å². The molecule has 0 saturated carbocycles. The number of nitrogens with zero attached hydrogens (tertiary/aromatic N) is 1. The number of pyridine rings is 1. The van der Waals surface area contributed by atoms with Crippen molar-refractivity contribution in [3.05, 3.63) is 23.5 Å². The third-order valence-electron chi connectivity index (χ3n) is 1.48. The molecule has 0 aromatic carbocycles. The van der Waals surface area contributed by atoms with E-state index in [1.165, 1.54) is 0 Å². The molecule has 1 aromatic rings. The Balaban J connectivity index is 0.000000561. The normalized spacial score (nSPS) is 8.42. The molecule has 0 spiro atoms. The minimum Gasteiger partial charge on any atom is -0.495 e. The SMILES string of the molecule is CC.COc1c(C)ccnc1C. The Morgan fingerprint density at radius 3 is 2.17 bits per heavy atom. The lowest BCUT2D eigenvalue weighted by atomic mass is 10.2. The van der Waals surface area contributed by atoms with Crippen molar-refractivity contribution < 1.29 is 4.74 Å². The second-order valence-corrected chi connectivity index (χ2v) is 2.25. The summed E-state index contributed by atoms with van der Waals surface area (Å²) in [4.78, 5) is 4.09.